The molecule has 0 atom stereocenters. The molecule has 1 heterocycles. The molecule has 0 spiro atoms. The SMILES string of the molecule is CCCCCCCCCOc1ccc(C2OCC(c3ccc(CCCCCCCC)cc3)CO2)c(F)c1F. The molecule has 3 nitrogen and oxygen atoms in total. The molecule has 38 heavy (non-hydrogen) atoms. The summed E-state index contributed by atoms with van der Waals surface area (Å²) in [5.41, 5.74) is 2.58. The molecular weight excluding hydrogens is 482 g/mol. The average molecular weight is 531 g/mol. The molecule has 0 unspecified atom stereocenters. The van der Waals surface area contributed by atoms with Crippen LogP contribution in [0.2, 0.25) is 0 Å². The molecule has 3 rings (SSSR count). The van der Waals surface area contributed by atoms with Gasteiger partial charge in [-0.1, -0.05) is 109 Å². The molecule has 0 aromatic heterocycles. The van der Waals surface area contributed by atoms with Crippen LogP contribution in [0.15, 0.2) is 36.4 Å². The molecule has 212 valence electrons. The number of hydrogen-bond acceptors (Lipinski definition) is 3. The van der Waals surface area contributed by atoms with Crippen molar-refractivity contribution in [2.75, 3.05) is 19.8 Å². The van der Waals surface area contributed by atoms with Gasteiger partial charge < -0.3 is 14.2 Å². The minimum Gasteiger partial charge on any atom is -0.490 e. The maximum atomic E-state index is 14.8. The molecule has 1 aliphatic heterocycles. The second-order valence-corrected chi connectivity index (χ2v) is 10.7. The minimum absolute atomic E-state index is 0.0491. The summed E-state index contributed by atoms with van der Waals surface area (Å²) in [5.74, 6) is -1.90. The third-order valence-corrected chi connectivity index (χ3v) is 7.50. The summed E-state index contributed by atoms with van der Waals surface area (Å²) in [5, 5.41) is 0. The Hall–Kier alpha value is -1.98. The van der Waals surface area contributed by atoms with Crippen molar-refractivity contribution in [3.05, 3.63) is 64.7 Å². The van der Waals surface area contributed by atoms with Crippen LogP contribution in [-0.4, -0.2) is 19.8 Å². The van der Waals surface area contributed by atoms with Crippen molar-refractivity contribution >= 4 is 0 Å². The topological polar surface area (TPSA) is 27.7 Å². The van der Waals surface area contributed by atoms with Gasteiger partial charge >= 0.3 is 0 Å². The maximum Gasteiger partial charge on any atom is 0.201 e. The fraction of sp³-hybridized carbons (Fsp3) is 0.636. The second kappa shape index (κ2) is 17.6. The third kappa shape index (κ3) is 9.96. The van der Waals surface area contributed by atoms with E-state index in [9.17, 15) is 8.78 Å². The van der Waals surface area contributed by atoms with E-state index >= 15 is 0 Å². The van der Waals surface area contributed by atoms with Crippen molar-refractivity contribution in [1.82, 2.24) is 0 Å². The lowest BCUT2D eigenvalue weighted by molar-refractivity contribution is -0.193. The molecule has 0 saturated carbocycles. The van der Waals surface area contributed by atoms with Crippen LogP contribution in [0.3, 0.4) is 0 Å². The Balaban J connectivity index is 1.40. The number of unbranched alkanes of at least 4 members (excludes halogenated alkanes) is 11. The van der Waals surface area contributed by atoms with E-state index in [-0.39, 0.29) is 17.2 Å². The lowest BCUT2D eigenvalue weighted by Crippen LogP contribution is -2.26. The Morgan fingerprint density at radius 1 is 0.684 bits per heavy atom. The predicted molar refractivity (Wildman–Crippen MR) is 151 cm³/mol. The second-order valence-electron chi connectivity index (χ2n) is 10.7. The van der Waals surface area contributed by atoms with Crippen LogP contribution in [-0.2, 0) is 15.9 Å². The number of aryl methyl sites for hydroxylation is 1. The molecule has 1 saturated heterocycles. The monoisotopic (exact) mass is 530 g/mol. The Labute approximate surface area is 229 Å². The zero-order valence-corrected chi connectivity index (χ0v) is 23.6. The Bertz CT molecular complexity index is 907. The molecule has 5 heteroatoms. The van der Waals surface area contributed by atoms with Gasteiger partial charge in [-0.2, -0.15) is 4.39 Å². The van der Waals surface area contributed by atoms with Gasteiger partial charge in [0.2, 0.25) is 5.82 Å². The average Bonchev–Trinajstić information content (AvgIpc) is 2.95. The summed E-state index contributed by atoms with van der Waals surface area (Å²) in [6.07, 6.45) is 16.0. The van der Waals surface area contributed by atoms with Crippen LogP contribution in [0, 0.1) is 11.6 Å². The van der Waals surface area contributed by atoms with Gasteiger partial charge in [0, 0.05) is 11.5 Å². The van der Waals surface area contributed by atoms with Crippen molar-refractivity contribution in [1.29, 1.82) is 0 Å². The van der Waals surface area contributed by atoms with E-state index in [0.29, 0.717) is 19.8 Å². The molecule has 2 aromatic carbocycles. The van der Waals surface area contributed by atoms with Gasteiger partial charge in [-0.05, 0) is 42.5 Å². The molecule has 2 aromatic rings. The molecule has 0 radical (unpaired) electrons. The highest BCUT2D eigenvalue weighted by atomic mass is 19.2. The molecule has 1 aliphatic rings. The minimum atomic E-state index is -0.972. The standard InChI is InChI=1S/C33H48F2O3/c1-3-5-7-9-11-13-15-23-36-30-22-21-29(31(34)32(30)35)33-37-24-28(25-38-33)27-19-17-26(18-20-27)16-14-12-10-8-6-4-2/h17-22,28,33H,3-16,23-25H2,1-2H3. The Morgan fingerprint density at radius 2 is 1.26 bits per heavy atom. The summed E-state index contributed by atoms with van der Waals surface area (Å²) in [6, 6.07) is 11.7. The van der Waals surface area contributed by atoms with Crippen molar-refractivity contribution in [3.63, 3.8) is 0 Å². The van der Waals surface area contributed by atoms with E-state index in [1.54, 1.807) is 0 Å². The van der Waals surface area contributed by atoms with Gasteiger partial charge in [0.15, 0.2) is 17.9 Å². The molecule has 0 amide bonds. The van der Waals surface area contributed by atoms with Crippen LogP contribution in [0.5, 0.6) is 5.75 Å². The lowest BCUT2D eigenvalue weighted by Gasteiger charge is -2.30. The zero-order chi connectivity index (χ0) is 27.0. The zero-order valence-electron chi connectivity index (χ0n) is 23.6. The van der Waals surface area contributed by atoms with Crippen LogP contribution in [0.25, 0.3) is 0 Å². The van der Waals surface area contributed by atoms with Crippen molar-refractivity contribution in [2.24, 2.45) is 0 Å². The number of halogens is 2. The summed E-state index contributed by atoms with van der Waals surface area (Å²) in [6.45, 7) is 5.64. The largest absolute Gasteiger partial charge is 0.490 e. The smallest absolute Gasteiger partial charge is 0.201 e. The Kier molecular flexibility index (Phi) is 14.1. The summed E-state index contributed by atoms with van der Waals surface area (Å²) in [4.78, 5) is 0. The summed E-state index contributed by atoms with van der Waals surface area (Å²) in [7, 11) is 0. The number of benzene rings is 2. The fourth-order valence-corrected chi connectivity index (χ4v) is 5.02. The van der Waals surface area contributed by atoms with E-state index in [1.165, 1.54) is 81.9 Å². The first-order valence-electron chi connectivity index (χ1n) is 15.1. The van der Waals surface area contributed by atoms with E-state index in [1.807, 2.05) is 0 Å². The number of rotatable bonds is 18. The molecule has 0 N–H and O–H groups in total. The molecule has 0 aliphatic carbocycles. The fourth-order valence-electron chi connectivity index (χ4n) is 5.02. The first kappa shape index (κ1) is 30.6. The van der Waals surface area contributed by atoms with Crippen LogP contribution < -0.4 is 4.74 Å². The lowest BCUT2D eigenvalue weighted by atomic mass is 9.97. The number of ether oxygens (including phenoxy) is 3. The van der Waals surface area contributed by atoms with Crippen LogP contribution >= 0.6 is 0 Å². The normalized spacial score (nSPS) is 17.6. The molecule has 1 fully saturated rings. The molecular formula is C33H48F2O3. The van der Waals surface area contributed by atoms with Gasteiger partial charge in [0.25, 0.3) is 0 Å². The van der Waals surface area contributed by atoms with Crippen molar-refractivity contribution < 1.29 is 23.0 Å². The highest BCUT2D eigenvalue weighted by Crippen LogP contribution is 2.34. The predicted octanol–water partition coefficient (Wildman–Crippen LogP) is 9.83. The van der Waals surface area contributed by atoms with E-state index in [0.717, 1.165) is 31.2 Å². The van der Waals surface area contributed by atoms with E-state index < -0.39 is 17.9 Å². The first-order chi connectivity index (χ1) is 18.6. The van der Waals surface area contributed by atoms with Gasteiger partial charge in [-0.15, -0.1) is 0 Å². The highest BCUT2D eigenvalue weighted by molar-refractivity contribution is 5.32. The van der Waals surface area contributed by atoms with Gasteiger partial charge in [0.1, 0.15) is 0 Å². The Morgan fingerprint density at radius 3 is 1.89 bits per heavy atom. The quantitative estimate of drug-likeness (QED) is 0.180. The maximum absolute atomic E-state index is 14.8. The van der Waals surface area contributed by atoms with E-state index in [2.05, 4.69) is 38.1 Å². The number of hydrogen-bond donors (Lipinski definition) is 0. The third-order valence-electron chi connectivity index (χ3n) is 7.50. The molecule has 0 bridgehead atoms. The van der Waals surface area contributed by atoms with E-state index in [4.69, 9.17) is 14.2 Å². The highest BCUT2D eigenvalue weighted by Gasteiger charge is 2.28. The van der Waals surface area contributed by atoms with Gasteiger partial charge in [-0.3, -0.25) is 0 Å². The summed E-state index contributed by atoms with van der Waals surface area (Å²) < 4.78 is 46.7. The van der Waals surface area contributed by atoms with Crippen LogP contribution in [0.4, 0.5) is 8.78 Å². The van der Waals surface area contributed by atoms with Crippen molar-refractivity contribution in [2.45, 2.75) is 116 Å². The van der Waals surface area contributed by atoms with Gasteiger partial charge in [-0.25, -0.2) is 4.39 Å². The van der Waals surface area contributed by atoms with Gasteiger partial charge in [0.05, 0.1) is 19.8 Å². The summed E-state index contributed by atoms with van der Waals surface area (Å²) >= 11 is 0. The van der Waals surface area contributed by atoms with Crippen molar-refractivity contribution in [3.8, 4) is 5.75 Å². The first-order valence-corrected chi connectivity index (χ1v) is 15.1. The van der Waals surface area contributed by atoms with Crippen LogP contribution in [0.1, 0.15) is 126 Å².